The Morgan fingerprint density at radius 1 is 1.65 bits per heavy atom. The molecule has 92 valence electrons. The number of nitrogens with two attached hydrogens (primary N) is 1. The van der Waals surface area contributed by atoms with Crippen LogP contribution < -0.4 is 10.5 Å². The van der Waals surface area contributed by atoms with Crippen molar-refractivity contribution in [2.45, 2.75) is 5.92 Å². The highest BCUT2D eigenvalue weighted by atomic mass is 16.5. The van der Waals surface area contributed by atoms with Crippen molar-refractivity contribution in [3.05, 3.63) is 36.5 Å². The van der Waals surface area contributed by atoms with Crippen LogP contribution in [0.2, 0.25) is 0 Å². The lowest BCUT2D eigenvalue weighted by Gasteiger charge is -2.13. The van der Waals surface area contributed by atoms with Crippen LogP contribution >= 0.6 is 0 Å². The first kappa shape index (κ1) is 13.2. The topological polar surface area (TPSA) is 74.4 Å². The fourth-order valence-electron chi connectivity index (χ4n) is 1.33. The second-order valence-electron chi connectivity index (χ2n) is 3.34. The van der Waals surface area contributed by atoms with E-state index in [4.69, 9.17) is 15.2 Å². The van der Waals surface area contributed by atoms with Gasteiger partial charge in [0.15, 0.2) is 0 Å². The Morgan fingerprint density at radius 3 is 2.88 bits per heavy atom. The molecule has 1 heterocycles. The molecule has 0 spiro atoms. The van der Waals surface area contributed by atoms with E-state index in [0.717, 1.165) is 0 Å². The first-order valence-corrected chi connectivity index (χ1v) is 5.20. The number of nitrogens with zero attached hydrogens (tertiary/aromatic N) is 1. The molecule has 5 heteroatoms. The highest BCUT2D eigenvalue weighted by Gasteiger charge is 2.20. The molecule has 0 aliphatic heterocycles. The van der Waals surface area contributed by atoms with Gasteiger partial charge in [0.25, 0.3) is 0 Å². The van der Waals surface area contributed by atoms with E-state index in [1.807, 2.05) is 0 Å². The molecule has 1 atom stereocenters. The minimum Gasteiger partial charge on any atom is -0.481 e. The quantitative estimate of drug-likeness (QED) is 0.585. The third-order valence-electron chi connectivity index (χ3n) is 2.23. The highest BCUT2D eigenvalue weighted by Crippen LogP contribution is 2.17. The van der Waals surface area contributed by atoms with Gasteiger partial charge in [0.2, 0.25) is 5.88 Å². The lowest BCUT2D eigenvalue weighted by Crippen LogP contribution is -2.24. The zero-order valence-electron chi connectivity index (χ0n) is 9.76. The molecule has 0 aliphatic carbocycles. The van der Waals surface area contributed by atoms with Crippen molar-refractivity contribution in [1.29, 1.82) is 0 Å². The van der Waals surface area contributed by atoms with Gasteiger partial charge >= 0.3 is 5.97 Å². The van der Waals surface area contributed by atoms with Gasteiger partial charge in [0.05, 0.1) is 13.0 Å². The van der Waals surface area contributed by atoms with Gasteiger partial charge in [-0.25, -0.2) is 4.98 Å². The maximum absolute atomic E-state index is 11.7. The number of esters is 1. The van der Waals surface area contributed by atoms with Crippen LogP contribution in [0.5, 0.6) is 5.88 Å². The lowest BCUT2D eigenvalue weighted by atomic mass is 10.0. The maximum atomic E-state index is 11.7. The fourth-order valence-corrected chi connectivity index (χ4v) is 1.33. The summed E-state index contributed by atoms with van der Waals surface area (Å²) in [5.74, 6) is -0.392. The largest absolute Gasteiger partial charge is 0.481 e. The van der Waals surface area contributed by atoms with Crippen molar-refractivity contribution < 1.29 is 14.3 Å². The summed E-state index contributed by atoms with van der Waals surface area (Å²) in [5, 5.41) is 0. The van der Waals surface area contributed by atoms with E-state index in [9.17, 15) is 4.79 Å². The smallest absolute Gasteiger partial charge is 0.315 e. The second kappa shape index (κ2) is 6.65. The van der Waals surface area contributed by atoms with Crippen molar-refractivity contribution in [2.75, 3.05) is 20.3 Å². The highest BCUT2D eigenvalue weighted by molar-refractivity contribution is 5.78. The average Bonchev–Trinajstić information content (AvgIpc) is 2.38. The molecule has 1 aromatic heterocycles. The van der Waals surface area contributed by atoms with Crippen molar-refractivity contribution >= 4 is 5.97 Å². The van der Waals surface area contributed by atoms with Crippen LogP contribution in [0.4, 0.5) is 0 Å². The molecule has 0 saturated heterocycles. The summed E-state index contributed by atoms with van der Waals surface area (Å²) in [7, 11) is 1.53. The molecule has 2 N–H and O–H groups in total. The average molecular weight is 236 g/mol. The van der Waals surface area contributed by atoms with E-state index in [2.05, 4.69) is 11.6 Å². The van der Waals surface area contributed by atoms with Crippen molar-refractivity contribution in [3.63, 3.8) is 0 Å². The van der Waals surface area contributed by atoms with Crippen molar-refractivity contribution in [3.8, 4) is 5.88 Å². The maximum Gasteiger partial charge on any atom is 0.315 e. The number of hydrogen-bond acceptors (Lipinski definition) is 5. The Kier molecular flexibility index (Phi) is 5.16. The van der Waals surface area contributed by atoms with E-state index < -0.39 is 5.92 Å². The van der Waals surface area contributed by atoms with Crippen LogP contribution in [0.3, 0.4) is 0 Å². The van der Waals surface area contributed by atoms with Gasteiger partial charge in [-0.2, -0.15) is 0 Å². The lowest BCUT2D eigenvalue weighted by molar-refractivity contribution is -0.144. The number of ether oxygens (including phenoxy) is 2. The molecule has 5 nitrogen and oxygen atoms in total. The van der Waals surface area contributed by atoms with Crippen molar-refractivity contribution in [1.82, 2.24) is 4.98 Å². The summed E-state index contributed by atoms with van der Waals surface area (Å²) in [6, 6.07) is 3.43. The van der Waals surface area contributed by atoms with E-state index in [1.54, 1.807) is 18.3 Å². The third-order valence-corrected chi connectivity index (χ3v) is 2.23. The van der Waals surface area contributed by atoms with Crippen LogP contribution in [0.15, 0.2) is 31.0 Å². The minimum atomic E-state index is -0.506. The minimum absolute atomic E-state index is 0.171. The molecule has 0 aliphatic rings. The van der Waals surface area contributed by atoms with E-state index in [0.29, 0.717) is 11.4 Å². The third kappa shape index (κ3) is 3.57. The summed E-state index contributed by atoms with van der Waals surface area (Å²) < 4.78 is 9.90. The molecule has 0 amide bonds. The molecule has 0 fully saturated rings. The molecular formula is C12H16N2O3. The number of rotatable bonds is 6. The van der Waals surface area contributed by atoms with Crippen molar-refractivity contribution in [2.24, 2.45) is 5.73 Å². The van der Waals surface area contributed by atoms with Crippen LogP contribution in [-0.4, -0.2) is 31.2 Å². The SMILES string of the molecule is C=CCOC(=O)C(CN)c1ccc(OC)nc1. The van der Waals surface area contributed by atoms with Gasteiger partial charge < -0.3 is 15.2 Å². The summed E-state index contributed by atoms with van der Waals surface area (Å²) in [6.07, 6.45) is 3.07. The molecular weight excluding hydrogens is 220 g/mol. The van der Waals surface area contributed by atoms with Gasteiger partial charge in [-0.3, -0.25) is 4.79 Å². The Bertz CT molecular complexity index is 376. The van der Waals surface area contributed by atoms with Gasteiger partial charge in [-0.1, -0.05) is 18.7 Å². The Balaban J connectivity index is 2.77. The first-order valence-electron chi connectivity index (χ1n) is 5.20. The number of hydrogen-bond donors (Lipinski definition) is 1. The van der Waals surface area contributed by atoms with Gasteiger partial charge in [0, 0.05) is 18.8 Å². The summed E-state index contributed by atoms with van der Waals surface area (Å²) in [6.45, 7) is 3.83. The molecule has 1 rings (SSSR count). The molecule has 0 saturated carbocycles. The second-order valence-corrected chi connectivity index (χ2v) is 3.34. The van der Waals surface area contributed by atoms with Gasteiger partial charge in [-0.15, -0.1) is 0 Å². The first-order chi connectivity index (χ1) is 8.22. The van der Waals surface area contributed by atoms with Crippen LogP contribution in [-0.2, 0) is 9.53 Å². The van der Waals surface area contributed by atoms with Gasteiger partial charge in [0.1, 0.15) is 6.61 Å². The number of pyridine rings is 1. The zero-order valence-corrected chi connectivity index (χ0v) is 9.76. The standard InChI is InChI=1S/C12H16N2O3/c1-3-6-17-12(15)10(7-13)9-4-5-11(16-2)14-8-9/h3-5,8,10H,1,6-7,13H2,2H3. The van der Waals surface area contributed by atoms with Gasteiger partial charge in [-0.05, 0) is 5.56 Å². The molecule has 0 aromatic carbocycles. The summed E-state index contributed by atoms with van der Waals surface area (Å²) in [5.41, 5.74) is 6.27. The Morgan fingerprint density at radius 2 is 2.41 bits per heavy atom. The fraction of sp³-hybridized carbons (Fsp3) is 0.333. The van der Waals surface area contributed by atoms with E-state index in [1.165, 1.54) is 13.2 Å². The van der Waals surface area contributed by atoms with E-state index >= 15 is 0 Å². The van der Waals surface area contributed by atoms with Crippen LogP contribution in [0, 0.1) is 0 Å². The molecule has 17 heavy (non-hydrogen) atoms. The number of carbonyl (C=O) groups excluding carboxylic acids is 1. The Labute approximate surface area is 100 Å². The van der Waals surface area contributed by atoms with E-state index in [-0.39, 0.29) is 19.1 Å². The monoisotopic (exact) mass is 236 g/mol. The molecule has 1 aromatic rings. The number of aromatic nitrogens is 1. The summed E-state index contributed by atoms with van der Waals surface area (Å²) >= 11 is 0. The normalized spacial score (nSPS) is 11.6. The molecule has 1 unspecified atom stereocenters. The molecule has 0 bridgehead atoms. The summed E-state index contributed by atoms with van der Waals surface area (Å²) in [4.78, 5) is 15.7. The zero-order chi connectivity index (χ0) is 12.7. The Hall–Kier alpha value is -1.88. The molecule has 0 radical (unpaired) electrons. The van der Waals surface area contributed by atoms with Crippen LogP contribution in [0.25, 0.3) is 0 Å². The van der Waals surface area contributed by atoms with Crippen LogP contribution in [0.1, 0.15) is 11.5 Å². The predicted molar refractivity (Wildman–Crippen MR) is 63.7 cm³/mol. The number of methoxy groups -OCH3 is 1. The predicted octanol–water partition coefficient (Wildman–Crippen LogP) is 0.862. The number of carbonyl (C=O) groups is 1.